The third-order valence-corrected chi connectivity index (χ3v) is 6.05. The molecule has 0 saturated carbocycles. The first-order chi connectivity index (χ1) is 17.1. The third kappa shape index (κ3) is 10.2. The molecule has 208 valence electrons. The minimum absolute atomic E-state index is 0.228. The number of carbonyl (C=O) groups is 3. The topological polar surface area (TPSA) is 114 Å². The predicted octanol–water partition coefficient (Wildman–Crippen LogP) is 3.67. The van der Waals surface area contributed by atoms with Crippen LogP contribution in [0.2, 0.25) is 0 Å². The van der Waals surface area contributed by atoms with Crippen LogP contribution in [0.25, 0.3) is 0 Å². The lowest BCUT2D eigenvalue weighted by Crippen LogP contribution is -2.54. The standard InChI is InChI=1S/C26H39F3N4O4/c1-16(2)20(14-26(27,28)29)32-22(34)21-7-6-12-33(21)23(35)19(30)13-17-8-10-18(11-9-17)15-31-24(36)37-25(3,4)5/h8-11,16,19-21H,6-7,12-15,30H2,1-5H3,(H,31,36)(H,32,34)/t19-,20?,21?/m0/s1. The Bertz CT molecular complexity index is 929. The van der Waals surface area contributed by atoms with Crippen LogP contribution in [0.3, 0.4) is 0 Å². The van der Waals surface area contributed by atoms with Crippen LogP contribution in [0, 0.1) is 5.92 Å². The molecule has 3 amide bonds. The molecule has 0 bridgehead atoms. The lowest BCUT2D eigenvalue weighted by atomic mass is 9.99. The van der Waals surface area contributed by atoms with E-state index in [0.717, 1.165) is 11.1 Å². The number of nitrogens with one attached hydrogen (secondary N) is 2. The van der Waals surface area contributed by atoms with Gasteiger partial charge in [-0.1, -0.05) is 38.1 Å². The van der Waals surface area contributed by atoms with Gasteiger partial charge in [-0.2, -0.15) is 13.2 Å². The van der Waals surface area contributed by atoms with E-state index in [0.29, 0.717) is 19.4 Å². The van der Waals surface area contributed by atoms with Crippen LogP contribution in [-0.4, -0.2) is 59.3 Å². The molecule has 0 aromatic heterocycles. The number of benzene rings is 1. The highest BCUT2D eigenvalue weighted by Gasteiger charge is 2.39. The molecule has 8 nitrogen and oxygen atoms in total. The van der Waals surface area contributed by atoms with Gasteiger partial charge >= 0.3 is 12.3 Å². The van der Waals surface area contributed by atoms with E-state index in [1.165, 1.54) is 4.90 Å². The Morgan fingerprint density at radius 3 is 2.24 bits per heavy atom. The molecule has 37 heavy (non-hydrogen) atoms. The van der Waals surface area contributed by atoms with Crippen LogP contribution in [0.4, 0.5) is 18.0 Å². The number of likely N-dealkylation sites (tertiary alicyclic amines) is 1. The Morgan fingerprint density at radius 1 is 1.11 bits per heavy atom. The largest absolute Gasteiger partial charge is 0.444 e. The van der Waals surface area contributed by atoms with Crippen LogP contribution in [0.1, 0.15) is 65.0 Å². The molecule has 1 fully saturated rings. The zero-order chi connectivity index (χ0) is 28.0. The normalized spacial score (nSPS) is 17.9. The second-order valence-corrected chi connectivity index (χ2v) is 10.9. The number of carbonyl (C=O) groups excluding carboxylic acids is 3. The number of rotatable bonds is 9. The average Bonchev–Trinajstić information content (AvgIpc) is 3.25. The Balaban J connectivity index is 1.94. The maximum atomic E-state index is 13.1. The van der Waals surface area contributed by atoms with Gasteiger partial charge in [0.25, 0.3) is 0 Å². The zero-order valence-corrected chi connectivity index (χ0v) is 22.2. The quantitative estimate of drug-likeness (QED) is 0.453. The fourth-order valence-electron chi connectivity index (χ4n) is 4.12. The average molecular weight is 529 g/mol. The van der Waals surface area contributed by atoms with Gasteiger partial charge < -0.3 is 26.0 Å². The van der Waals surface area contributed by atoms with Gasteiger partial charge in [-0.05, 0) is 57.1 Å². The van der Waals surface area contributed by atoms with E-state index in [4.69, 9.17) is 10.5 Å². The molecule has 1 saturated heterocycles. The summed E-state index contributed by atoms with van der Waals surface area (Å²) in [5.41, 5.74) is 7.22. The highest BCUT2D eigenvalue weighted by atomic mass is 19.4. The first kappa shape index (κ1) is 30.4. The maximum absolute atomic E-state index is 13.1. The fourth-order valence-corrected chi connectivity index (χ4v) is 4.12. The van der Waals surface area contributed by atoms with Gasteiger partial charge in [0.15, 0.2) is 0 Å². The maximum Gasteiger partial charge on any atom is 0.407 e. The summed E-state index contributed by atoms with van der Waals surface area (Å²) >= 11 is 0. The highest BCUT2D eigenvalue weighted by Crippen LogP contribution is 2.26. The van der Waals surface area contributed by atoms with Crippen molar-refractivity contribution in [2.75, 3.05) is 6.54 Å². The number of alkyl carbamates (subject to hydrolysis) is 1. The number of hydrogen-bond donors (Lipinski definition) is 3. The molecule has 1 aliphatic rings. The number of hydrogen-bond acceptors (Lipinski definition) is 5. The van der Waals surface area contributed by atoms with Crippen molar-refractivity contribution in [2.45, 2.75) is 96.7 Å². The molecule has 2 rings (SSSR count). The number of halogens is 3. The van der Waals surface area contributed by atoms with E-state index in [9.17, 15) is 27.6 Å². The molecular weight excluding hydrogens is 489 g/mol. The number of alkyl halides is 3. The number of nitrogens with two attached hydrogens (primary N) is 1. The van der Waals surface area contributed by atoms with Crippen molar-refractivity contribution in [3.63, 3.8) is 0 Å². The van der Waals surface area contributed by atoms with Crippen molar-refractivity contribution in [3.05, 3.63) is 35.4 Å². The molecular formula is C26H39F3N4O4. The van der Waals surface area contributed by atoms with Crippen molar-refractivity contribution < 1.29 is 32.3 Å². The van der Waals surface area contributed by atoms with Crippen molar-refractivity contribution in [1.82, 2.24) is 15.5 Å². The van der Waals surface area contributed by atoms with Crippen LogP contribution in [0.15, 0.2) is 24.3 Å². The number of nitrogens with zero attached hydrogens (tertiary/aromatic N) is 1. The van der Waals surface area contributed by atoms with Gasteiger partial charge in [-0.25, -0.2) is 4.79 Å². The fraction of sp³-hybridized carbons (Fsp3) is 0.654. The summed E-state index contributed by atoms with van der Waals surface area (Å²) in [6.45, 7) is 9.16. The first-order valence-corrected chi connectivity index (χ1v) is 12.5. The summed E-state index contributed by atoms with van der Waals surface area (Å²) in [6, 6.07) is 4.41. The van der Waals surface area contributed by atoms with Gasteiger partial charge in [-0.3, -0.25) is 9.59 Å². The van der Waals surface area contributed by atoms with Crippen molar-refractivity contribution in [2.24, 2.45) is 11.7 Å². The Hall–Kier alpha value is -2.82. The van der Waals surface area contributed by atoms with Crippen molar-refractivity contribution in [1.29, 1.82) is 0 Å². The lowest BCUT2D eigenvalue weighted by Gasteiger charge is -2.30. The van der Waals surface area contributed by atoms with E-state index in [-0.39, 0.29) is 13.0 Å². The van der Waals surface area contributed by atoms with Crippen LogP contribution >= 0.6 is 0 Å². The third-order valence-electron chi connectivity index (χ3n) is 6.05. The van der Waals surface area contributed by atoms with Crippen molar-refractivity contribution >= 4 is 17.9 Å². The SMILES string of the molecule is CC(C)C(CC(F)(F)F)NC(=O)C1CCCN1C(=O)[C@@H](N)Cc1ccc(CNC(=O)OC(C)(C)C)cc1. The Labute approximate surface area is 216 Å². The molecule has 0 aliphatic carbocycles. The van der Waals surface area contributed by atoms with E-state index in [1.807, 2.05) is 12.1 Å². The minimum atomic E-state index is -4.41. The second-order valence-electron chi connectivity index (χ2n) is 10.9. The summed E-state index contributed by atoms with van der Waals surface area (Å²) in [7, 11) is 0. The predicted molar refractivity (Wildman–Crippen MR) is 133 cm³/mol. The molecule has 1 heterocycles. The molecule has 1 aromatic rings. The number of ether oxygens (including phenoxy) is 1. The lowest BCUT2D eigenvalue weighted by molar-refractivity contribution is -0.148. The summed E-state index contributed by atoms with van der Waals surface area (Å²) in [5, 5.41) is 5.17. The Morgan fingerprint density at radius 2 is 1.70 bits per heavy atom. The highest BCUT2D eigenvalue weighted by molar-refractivity contribution is 5.90. The summed E-state index contributed by atoms with van der Waals surface area (Å²) < 4.78 is 44.0. The van der Waals surface area contributed by atoms with E-state index in [2.05, 4.69) is 10.6 Å². The first-order valence-electron chi connectivity index (χ1n) is 12.5. The van der Waals surface area contributed by atoms with Gasteiger partial charge in [0, 0.05) is 19.1 Å². The van der Waals surface area contributed by atoms with Gasteiger partial charge in [0.1, 0.15) is 11.6 Å². The van der Waals surface area contributed by atoms with Gasteiger partial charge in [0.05, 0.1) is 12.5 Å². The molecule has 3 atom stereocenters. The van der Waals surface area contributed by atoms with Crippen LogP contribution in [-0.2, 0) is 27.3 Å². The monoisotopic (exact) mass is 528 g/mol. The van der Waals surface area contributed by atoms with E-state index in [1.54, 1.807) is 46.8 Å². The molecule has 11 heteroatoms. The minimum Gasteiger partial charge on any atom is -0.444 e. The second kappa shape index (κ2) is 12.6. The van der Waals surface area contributed by atoms with E-state index < -0.39 is 60.1 Å². The molecule has 1 aromatic carbocycles. The van der Waals surface area contributed by atoms with Crippen molar-refractivity contribution in [3.8, 4) is 0 Å². The molecule has 0 spiro atoms. The number of amides is 3. The molecule has 0 radical (unpaired) electrons. The van der Waals surface area contributed by atoms with Gasteiger partial charge in [0.2, 0.25) is 11.8 Å². The van der Waals surface area contributed by atoms with Crippen LogP contribution in [0.5, 0.6) is 0 Å². The summed E-state index contributed by atoms with van der Waals surface area (Å²) in [4.78, 5) is 39.0. The zero-order valence-electron chi connectivity index (χ0n) is 22.2. The smallest absolute Gasteiger partial charge is 0.407 e. The van der Waals surface area contributed by atoms with Gasteiger partial charge in [-0.15, -0.1) is 0 Å². The molecule has 2 unspecified atom stereocenters. The summed E-state index contributed by atoms with van der Waals surface area (Å²) in [5.74, 6) is -1.41. The van der Waals surface area contributed by atoms with E-state index >= 15 is 0 Å². The molecule has 4 N–H and O–H groups in total. The van der Waals surface area contributed by atoms with Crippen LogP contribution < -0.4 is 16.4 Å². The summed E-state index contributed by atoms with van der Waals surface area (Å²) in [6.07, 6.45) is -4.88. The Kier molecular flexibility index (Phi) is 10.4. The molecule has 1 aliphatic heterocycles.